The van der Waals surface area contributed by atoms with Crippen LogP contribution in [0.15, 0.2) is 53.4 Å². The molecule has 0 bridgehead atoms. The van der Waals surface area contributed by atoms with Gasteiger partial charge in [0.05, 0.1) is 30.9 Å². The molecular weight excluding hydrogens is 456 g/mol. The van der Waals surface area contributed by atoms with Gasteiger partial charge in [-0.15, -0.1) is 0 Å². The van der Waals surface area contributed by atoms with Gasteiger partial charge in [-0.05, 0) is 43.5 Å². The lowest BCUT2D eigenvalue weighted by molar-refractivity contribution is -0.119. The van der Waals surface area contributed by atoms with E-state index in [-0.39, 0.29) is 11.4 Å². The monoisotopic (exact) mass is 490 g/mol. The largest absolute Gasteiger partial charge is 0.493 e. The lowest BCUT2D eigenvalue weighted by atomic mass is 9.98. The summed E-state index contributed by atoms with van der Waals surface area (Å²) in [7, 11) is -1.02. The maximum Gasteiger partial charge on any atom is 0.264 e. The molecule has 34 heavy (non-hydrogen) atoms. The van der Waals surface area contributed by atoms with Crippen molar-refractivity contribution in [3.05, 3.63) is 48.5 Å². The van der Waals surface area contributed by atoms with Gasteiger partial charge < -0.3 is 19.5 Å². The summed E-state index contributed by atoms with van der Waals surface area (Å²) >= 11 is 0. The molecule has 0 heterocycles. The number of carbonyl (C=O) groups excluding carboxylic acids is 1. The van der Waals surface area contributed by atoms with Gasteiger partial charge in [-0.2, -0.15) is 0 Å². The lowest BCUT2D eigenvalue weighted by Crippen LogP contribution is -2.41. The maximum absolute atomic E-state index is 13.4. The molecule has 0 radical (unpaired) electrons. The fourth-order valence-electron chi connectivity index (χ4n) is 3.98. The van der Waals surface area contributed by atoms with E-state index in [4.69, 9.17) is 14.2 Å². The van der Waals surface area contributed by atoms with E-state index < -0.39 is 15.9 Å². The molecule has 8 nitrogen and oxygen atoms in total. The summed E-state index contributed by atoms with van der Waals surface area (Å²) in [6.07, 6.45) is 6.89. The van der Waals surface area contributed by atoms with Crippen LogP contribution in [-0.2, 0) is 19.6 Å². The highest BCUT2D eigenvalue weighted by Crippen LogP contribution is 2.33. The molecule has 1 amide bonds. The zero-order chi connectivity index (χ0) is 24.4. The number of hydrogen-bond donors (Lipinski definition) is 1. The van der Waals surface area contributed by atoms with Crippen LogP contribution in [0.5, 0.6) is 11.5 Å². The van der Waals surface area contributed by atoms with Crippen molar-refractivity contribution in [2.45, 2.75) is 49.5 Å². The number of hydrogen-bond acceptors (Lipinski definition) is 6. The van der Waals surface area contributed by atoms with Crippen LogP contribution in [0, 0.1) is 0 Å². The first kappa shape index (κ1) is 25.8. The van der Waals surface area contributed by atoms with Crippen molar-refractivity contribution in [2.75, 3.05) is 38.2 Å². The van der Waals surface area contributed by atoms with E-state index in [9.17, 15) is 13.2 Å². The van der Waals surface area contributed by atoms with Crippen LogP contribution in [0.1, 0.15) is 38.5 Å². The zero-order valence-corrected chi connectivity index (χ0v) is 20.7. The van der Waals surface area contributed by atoms with Gasteiger partial charge in [0.2, 0.25) is 5.91 Å². The molecule has 186 valence electrons. The molecule has 0 aromatic heterocycles. The first-order valence-corrected chi connectivity index (χ1v) is 13.1. The Hall–Kier alpha value is -2.78. The number of amides is 1. The van der Waals surface area contributed by atoms with Crippen LogP contribution in [0.4, 0.5) is 5.69 Å². The Kier molecular flexibility index (Phi) is 9.59. The molecule has 3 rings (SSSR count). The number of carbonyl (C=O) groups is 1. The number of ether oxygens (including phenoxy) is 3. The quantitative estimate of drug-likeness (QED) is 0.456. The van der Waals surface area contributed by atoms with E-state index in [1.165, 1.54) is 45.6 Å². The van der Waals surface area contributed by atoms with Gasteiger partial charge in [0.15, 0.2) is 11.5 Å². The second-order valence-electron chi connectivity index (χ2n) is 8.20. The molecule has 1 aliphatic rings. The SMILES string of the molecule is COc1ccc(N(CC(=O)NCCCOC2CCCCC2)S(=O)(=O)c2ccccc2)cc1OC. The molecular formula is C25H34N2O6S. The van der Waals surface area contributed by atoms with Crippen molar-refractivity contribution < 1.29 is 27.4 Å². The van der Waals surface area contributed by atoms with Crippen LogP contribution in [0.3, 0.4) is 0 Å². The summed E-state index contributed by atoms with van der Waals surface area (Å²) < 4.78 is 44.4. The van der Waals surface area contributed by atoms with Gasteiger partial charge >= 0.3 is 0 Å². The standard InChI is InChI=1S/C25H34N2O6S/c1-31-23-15-14-20(18-24(23)32-2)27(34(29,30)22-12-7-4-8-13-22)19-25(28)26-16-9-17-33-21-10-5-3-6-11-21/h4,7-8,12-15,18,21H,3,5-6,9-11,16-17,19H2,1-2H3,(H,26,28). The number of benzene rings is 2. The molecule has 0 aliphatic heterocycles. The predicted octanol–water partition coefficient (Wildman–Crippen LogP) is 3.75. The Bertz CT molecular complexity index is 1020. The van der Waals surface area contributed by atoms with Crippen molar-refractivity contribution in [2.24, 2.45) is 0 Å². The van der Waals surface area contributed by atoms with E-state index in [0.717, 1.165) is 17.1 Å². The van der Waals surface area contributed by atoms with Crippen LogP contribution in [0.2, 0.25) is 0 Å². The van der Waals surface area contributed by atoms with E-state index in [2.05, 4.69) is 5.32 Å². The highest BCUT2D eigenvalue weighted by atomic mass is 32.2. The summed E-state index contributed by atoms with van der Waals surface area (Å²) in [5.74, 6) is 0.436. The summed E-state index contributed by atoms with van der Waals surface area (Å²) in [4.78, 5) is 12.8. The third-order valence-corrected chi connectivity index (χ3v) is 7.61. The van der Waals surface area contributed by atoms with Gasteiger partial charge in [-0.1, -0.05) is 37.5 Å². The van der Waals surface area contributed by atoms with Gasteiger partial charge in [0.1, 0.15) is 6.54 Å². The summed E-state index contributed by atoms with van der Waals surface area (Å²) in [6, 6.07) is 12.8. The molecule has 2 aromatic carbocycles. The van der Waals surface area contributed by atoms with E-state index >= 15 is 0 Å². The van der Waals surface area contributed by atoms with Crippen molar-refractivity contribution in [3.8, 4) is 11.5 Å². The second kappa shape index (κ2) is 12.6. The fraction of sp³-hybridized carbons (Fsp3) is 0.480. The fourth-order valence-corrected chi connectivity index (χ4v) is 5.42. The average Bonchev–Trinajstić information content (AvgIpc) is 2.87. The Morgan fingerprint density at radius 2 is 1.71 bits per heavy atom. The maximum atomic E-state index is 13.4. The van der Waals surface area contributed by atoms with Crippen molar-refractivity contribution >= 4 is 21.6 Å². The predicted molar refractivity (Wildman–Crippen MR) is 131 cm³/mol. The number of methoxy groups -OCH3 is 2. The van der Waals surface area contributed by atoms with Crippen LogP contribution >= 0.6 is 0 Å². The molecule has 9 heteroatoms. The summed E-state index contributed by atoms with van der Waals surface area (Å²) in [6.45, 7) is 0.625. The Balaban J connectivity index is 1.68. The molecule has 1 fully saturated rings. The molecule has 0 atom stereocenters. The highest BCUT2D eigenvalue weighted by molar-refractivity contribution is 7.92. The van der Waals surface area contributed by atoms with Crippen molar-refractivity contribution in [1.29, 1.82) is 0 Å². The van der Waals surface area contributed by atoms with Crippen molar-refractivity contribution in [3.63, 3.8) is 0 Å². The summed E-state index contributed by atoms with van der Waals surface area (Å²) in [5, 5.41) is 2.81. The highest BCUT2D eigenvalue weighted by Gasteiger charge is 2.28. The van der Waals surface area contributed by atoms with Gasteiger partial charge in [-0.3, -0.25) is 9.10 Å². The minimum atomic E-state index is -3.99. The van der Waals surface area contributed by atoms with Gasteiger partial charge in [0.25, 0.3) is 10.0 Å². The number of nitrogens with zero attached hydrogens (tertiary/aromatic N) is 1. The minimum Gasteiger partial charge on any atom is -0.493 e. The normalized spacial score (nSPS) is 14.4. The van der Waals surface area contributed by atoms with E-state index in [1.54, 1.807) is 36.4 Å². The van der Waals surface area contributed by atoms with Gasteiger partial charge in [0, 0.05) is 19.2 Å². The molecule has 1 N–H and O–H groups in total. The molecule has 1 aliphatic carbocycles. The molecule has 0 saturated heterocycles. The molecule has 1 saturated carbocycles. The van der Waals surface area contributed by atoms with E-state index in [1.807, 2.05) is 0 Å². The third kappa shape index (κ3) is 6.87. The average molecular weight is 491 g/mol. The number of anilines is 1. The zero-order valence-electron chi connectivity index (χ0n) is 19.9. The number of sulfonamides is 1. The third-order valence-electron chi connectivity index (χ3n) is 5.82. The van der Waals surface area contributed by atoms with Crippen LogP contribution < -0.4 is 19.1 Å². The Morgan fingerprint density at radius 1 is 1.00 bits per heavy atom. The Morgan fingerprint density at radius 3 is 2.38 bits per heavy atom. The Labute approximate surface area is 202 Å². The number of nitrogens with one attached hydrogen (secondary N) is 1. The van der Waals surface area contributed by atoms with Gasteiger partial charge in [-0.25, -0.2) is 8.42 Å². The first-order chi connectivity index (χ1) is 16.5. The van der Waals surface area contributed by atoms with Crippen molar-refractivity contribution in [1.82, 2.24) is 5.32 Å². The first-order valence-electron chi connectivity index (χ1n) is 11.6. The number of rotatable bonds is 12. The smallest absolute Gasteiger partial charge is 0.264 e. The summed E-state index contributed by atoms with van der Waals surface area (Å²) in [5.41, 5.74) is 0.303. The molecule has 0 spiro atoms. The topological polar surface area (TPSA) is 94.2 Å². The second-order valence-corrected chi connectivity index (χ2v) is 10.1. The lowest BCUT2D eigenvalue weighted by Gasteiger charge is -2.25. The molecule has 2 aromatic rings. The van der Waals surface area contributed by atoms with E-state index in [0.29, 0.717) is 42.9 Å². The van der Waals surface area contributed by atoms with Crippen LogP contribution in [-0.4, -0.2) is 54.3 Å². The molecule has 0 unspecified atom stereocenters. The van der Waals surface area contributed by atoms with Crippen LogP contribution in [0.25, 0.3) is 0 Å². The minimum absolute atomic E-state index is 0.0958.